The number of fused-ring (bicyclic) bond motifs is 3. The topological polar surface area (TPSA) is 220 Å². The van der Waals surface area contributed by atoms with E-state index in [-0.39, 0.29) is 35.2 Å². The highest BCUT2D eigenvalue weighted by Crippen LogP contribution is 2.64. The molecule has 44 heavy (non-hydrogen) atoms. The van der Waals surface area contributed by atoms with Crippen LogP contribution in [0, 0.1) is 16.7 Å². The highest BCUT2D eigenvalue weighted by Gasteiger charge is 2.69. The molecule has 0 aromatic heterocycles. The average molecular weight is 607 g/mol. The number of ketones is 2. The number of aliphatic hydroxyl groups is 4. The number of nitrogens with one attached hydrogen (secondary N) is 2. The molecule has 5 rings (SSSR count). The first-order valence-corrected chi connectivity index (χ1v) is 13.9. The number of hydrogen-bond donors (Lipinski definition) is 7. The Kier molecular flexibility index (Phi) is 7.09. The largest absolute Gasteiger partial charge is 0.508 e. The van der Waals surface area contributed by atoms with Gasteiger partial charge in [0.05, 0.1) is 5.70 Å². The van der Waals surface area contributed by atoms with Crippen molar-refractivity contribution in [2.45, 2.75) is 44.8 Å². The summed E-state index contributed by atoms with van der Waals surface area (Å²) in [6, 6.07) is 6.50. The number of likely N-dealkylation sites (N-methyl/N-ethyl adjacent to an activating group) is 1. The van der Waals surface area contributed by atoms with Crippen molar-refractivity contribution in [3.05, 3.63) is 81.7 Å². The zero-order chi connectivity index (χ0) is 32.5. The van der Waals surface area contributed by atoms with Gasteiger partial charge in [-0.25, -0.2) is 4.79 Å². The molecule has 0 spiro atoms. The number of nitrogens with two attached hydrogens (primary N) is 1. The van der Waals surface area contributed by atoms with Crippen LogP contribution in [0.25, 0.3) is 0 Å². The van der Waals surface area contributed by atoms with Crippen molar-refractivity contribution in [2.24, 2.45) is 22.5 Å². The van der Waals surface area contributed by atoms with Gasteiger partial charge >= 0.3 is 6.03 Å². The van der Waals surface area contributed by atoms with Crippen molar-refractivity contribution in [3.8, 4) is 0 Å². The molecule has 1 aromatic carbocycles. The van der Waals surface area contributed by atoms with Gasteiger partial charge in [-0.05, 0) is 45.1 Å². The van der Waals surface area contributed by atoms with E-state index < -0.39 is 87.1 Å². The Balaban J connectivity index is 1.59. The Bertz CT molecular complexity index is 1660. The highest BCUT2D eigenvalue weighted by atomic mass is 16.3. The van der Waals surface area contributed by atoms with E-state index in [0.717, 1.165) is 0 Å². The van der Waals surface area contributed by atoms with E-state index in [9.17, 15) is 44.4 Å². The van der Waals surface area contributed by atoms with Gasteiger partial charge in [-0.15, -0.1) is 0 Å². The summed E-state index contributed by atoms with van der Waals surface area (Å²) in [6.07, 6.45) is 1.23. The summed E-state index contributed by atoms with van der Waals surface area (Å²) < 4.78 is 0. The number of allylic oxidation sites excluding steroid dienone is 1. The van der Waals surface area contributed by atoms with Crippen LogP contribution in [0.15, 0.2) is 76.1 Å². The van der Waals surface area contributed by atoms with Crippen LogP contribution in [-0.2, 0) is 14.4 Å². The monoisotopic (exact) mass is 606 g/mol. The average Bonchev–Trinajstić information content (AvgIpc) is 2.92. The molecule has 0 bridgehead atoms. The molecule has 0 radical (unpaired) electrons. The van der Waals surface area contributed by atoms with Gasteiger partial charge in [0, 0.05) is 45.9 Å². The number of urea groups is 1. The Hall–Kier alpha value is -4.75. The number of hydrogen-bond acceptors (Lipinski definition) is 10. The summed E-state index contributed by atoms with van der Waals surface area (Å²) in [4.78, 5) is 66.1. The number of aliphatic hydroxyl groups excluding tert-OH is 3. The first kappa shape index (κ1) is 30.7. The van der Waals surface area contributed by atoms with Crippen LogP contribution in [0.1, 0.15) is 43.5 Å². The second kappa shape index (κ2) is 10.2. The maximum Gasteiger partial charge on any atom is 0.326 e. The molecule has 0 saturated heterocycles. The zero-order valence-electron chi connectivity index (χ0n) is 24.6. The number of nitrogens with zero attached hydrogens (tertiary/aromatic N) is 1. The molecule has 4 aliphatic carbocycles. The quantitative estimate of drug-likeness (QED) is 0.245. The van der Waals surface area contributed by atoms with Crippen LogP contribution in [0.2, 0.25) is 0 Å². The summed E-state index contributed by atoms with van der Waals surface area (Å²) in [5.74, 6) is -6.96. The van der Waals surface area contributed by atoms with E-state index in [4.69, 9.17) is 5.73 Å². The van der Waals surface area contributed by atoms with Crippen molar-refractivity contribution < 1.29 is 44.4 Å². The van der Waals surface area contributed by atoms with Gasteiger partial charge in [0.15, 0.2) is 11.4 Å². The fourth-order valence-electron chi connectivity index (χ4n) is 7.48. The lowest BCUT2D eigenvalue weighted by Crippen LogP contribution is -2.66. The van der Waals surface area contributed by atoms with Gasteiger partial charge in [-0.3, -0.25) is 24.5 Å². The van der Waals surface area contributed by atoms with E-state index in [1.807, 2.05) is 0 Å². The van der Waals surface area contributed by atoms with E-state index in [1.54, 1.807) is 50.2 Å². The fraction of sp³-hybridized carbons (Fsp3) is 0.387. The number of carbonyl (C=O) groups excluding carboxylic acids is 5. The Morgan fingerprint density at radius 3 is 2.25 bits per heavy atom. The maximum absolute atomic E-state index is 14.2. The van der Waals surface area contributed by atoms with Gasteiger partial charge in [0.1, 0.15) is 22.9 Å². The Labute approximate surface area is 252 Å². The SMILES string of the molecule is CN(C)C1C=C(NC(=O)NC(=O)c2ccccc2)C(O)=C2C(O)=C3C(=O)[C@]4(O)C(O)=C(C(N)=O)C(=O)C[C@]4(C)C[C@]3(C)CC21. The van der Waals surface area contributed by atoms with Crippen LogP contribution in [0.5, 0.6) is 0 Å². The Morgan fingerprint density at radius 1 is 1.02 bits per heavy atom. The van der Waals surface area contributed by atoms with Gasteiger partial charge in [0.25, 0.3) is 11.8 Å². The molecular weight excluding hydrogens is 572 g/mol. The van der Waals surface area contributed by atoms with Gasteiger partial charge in [-0.1, -0.05) is 32.0 Å². The van der Waals surface area contributed by atoms with Crippen LogP contribution in [0.4, 0.5) is 4.79 Å². The zero-order valence-corrected chi connectivity index (χ0v) is 24.6. The number of Topliss-reactive ketones (excluding diaryl/α,β-unsaturated/α-hetero) is 2. The second-order valence-corrected chi connectivity index (χ2v) is 12.6. The highest BCUT2D eigenvalue weighted by molar-refractivity contribution is 6.22. The summed E-state index contributed by atoms with van der Waals surface area (Å²) in [5, 5.41) is 50.5. The molecule has 13 nitrogen and oxygen atoms in total. The Morgan fingerprint density at radius 2 is 1.66 bits per heavy atom. The minimum absolute atomic E-state index is 0.0486. The molecule has 232 valence electrons. The third-order valence-corrected chi connectivity index (χ3v) is 9.37. The molecular formula is C31H34N4O9. The van der Waals surface area contributed by atoms with Crippen molar-refractivity contribution in [3.63, 3.8) is 0 Å². The first-order chi connectivity index (χ1) is 20.5. The lowest BCUT2D eigenvalue weighted by molar-refractivity contribution is -0.166. The van der Waals surface area contributed by atoms with Gasteiger partial charge in [-0.2, -0.15) is 0 Å². The fourth-order valence-corrected chi connectivity index (χ4v) is 7.48. The molecule has 1 saturated carbocycles. The molecule has 0 heterocycles. The summed E-state index contributed by atoms with van der Waals surface area (Å²) in [6.45, 7) is 3.15. The van der Waals surface area contributed by atoms with E-state index in [1.165, 1.54) is 19.1 Å². The molecule has 8 N–H and O–H groups in total. The third kappa shape index (κ3) is 4.34. The van der Waals surface area contributed by atoms with Crippen molar-refractivity contribution in [2.75, 3.05) is 14.1 Å². The summed E-state index contributed by atoms with van der Waals surface area (Å²) in [7, 11) is 3.49. The second-order valence-electron chi connectivity index (χ2n) is 12.6. The molecule has 2 unspecified atom stereocenters. The predicted octanol–water partition coefficient (Wildman–Crippen LogP) is 1.58. The smallest absolute Gasteiger partial charge is 0.326 e. The maximum atomic E-state index is 14.2. The predicted molar refractivity (Wildman–Crippen MR) is 155 cm³/mol. The van der Waals surface area contributed by atoms with Crippen LogP contribution >= 0.6 is 0 Å². The molecule has 5 atom stereocenters. The first-order valence-electron chi connectivity index (χ1n) is 13.9. The molecule has 4 amide bonds. The molecule has 4 aliphatic rings. The van der Waals surface area contributed by atoms with E-state index in [0.29, 0.717) is 0 Å². The number of carbonyl (C=O) groups is 5. The number of rotatable bonds is 4. The van der Waals surface area contributed by atoms with Crippen LogP contribution in [0.3, 0.4) is 0 Å². The standard InChI is InChI=1S/C31H34N4O9/c1-29-11-15-17(35(3)4)10-16(33-28(43)34-27(42)14-8-6-5-7-9-14)22(37)19(15)23(38)21(29)25(40)31(44)24(39)20(26(32)41)18(36)12-30(31,2)13-29/h5-10,15,17,37-39,44H,11-13H2,1-4H3,(H2,32,41)(H2,33,34,42,43)/t15?,17?,29-,30+,31+/m0/s1. The molecule has 1 fully saturated rings. The number of imide groups is 1. The normalized spacial score (nSPS) is 31.6. The van der Waals surface area contributed by atoms with Crippen molar-refractivity contribution in [1.82, 2.24) is 15.5 Å². The summed E-state index contributed by atoms with van der Waals surface area (Å²) in [5.41, 5.74) is -1.35. The number of benzene rings is 1. The van der Waals surface area contributed by atoms with Gasteiger partial charge in [0.2, 0.25) is 5.78 Å². The van der Waals surface area contributed by atoms with E-state index >= 15 is 0 Å². The van der Waals surface area contributed by atoms with Gasteiger partial charge < -0.3 is 36.4 Å². The lowest BCUT2D eigenvalue weighted by Gasteiger charge is -2.58. The minimum atomic E-state index is -2.76. The molecule has 1 aromatic rings. The number of amides is 4. The lowest BCUT2D eigenvalue weighted by atomic mass is 9.46. The van der Waals surface area contributed by atoms with E-state index in [2.05, 4.69) is 10.6 Å². The van der Waals surface area contributed by atoms with Crippen LogP contribution in [-0.4, -0.2) is 80.5 Å². The third-order valence-electron chi connectivity index (χ3n) is 9.37. The summed E-state index contributed by atoms with van der Waals surface area (Å²) >= 11 is 0. The minimum Gasteiger partial charge on any atom is -0.508 e. The molecule has 0 aliphatic heterocycles. The molecule has 13 heteroatoms. The van der Waals surface area contributed by atoms with Crippen molar-refractivity contribution in [1.29, 1.82) is 0 Å². The van der Waals surface area contributed by atoms with Crippen molar-refractivity contribution >= 4 is 29.4 Å². The number of primary amides is 1. The van der Waals surface area contributed by atoms with Crippen LogP contribution < -0.4 is 16.4 Å².